The van der Waals surface area contributed by atoms with Crippen molar-refractivity contribution in [3.8, 4) is 5.75 Å². The third-order valence-corrected chi connectivity index (χ3v) is 5.12. The number of sulfonamides is 1. The van der Waals surface area contributed by atoms with Gasteiger partial charge in [0.05, 0.1) is 4.90 Å². The van der Waals surface area contributed by atoms with E-state index in [1.807, 2.05) is 6.07 Å². The third-order valence-electron chi connectivity index (χ3n) is 4.19. The van der Waals surface area contributed by atoms with Crippen molar-refractivity contribution in [2.45, 2.75) is 17.9 Å². The number of benzene rings is 3. The molecule has 8 nitrogen and oxygen atoms in total. The molecule has 0 saturated carbocycles. The van der Waals surface area contributed by atoms with Crippen LogP contribution in [-0.2, 0) is 19.6 Å². The highest BCUT2D eigenvalue weighted by atomic mass is 32.2. The summed E-state index contributed by atoms with van der Waals surface area (Å²) in [5, 5.41) is 19.1. The van der Waals surface area contributed by atoms with Gasteiger partial charge in [0, 0.05) is 5.69 Å². The number of carbonyl (C=O) groups excluding carboxylic acids is 2. The monoisotopic (exact) mass is 414 g/mol. The fourth-order valence-corrected chi connectivity index (χ4v) is 3.16. The molecule has 0 bridgehead atoms. The lowest BCUT2D eigenvalue weighted by Crippen LogP contribution is -2.30. The molecule has 9 heteroatoms. The molecule has 4 N–H and O–H groups in total. The number of phenolic OH excluding ortho intramolecular Hbond substituents is 1. The van der Waals surface area contributed by atoms with E-state index in [9.17, 15) is 23.1 Å². The van der Waals surface area contributed by atoms with Crippen LogP contribution in [0.2, 0.25) is 0 Å². The Bertz CT molecular complexity index is 1190. The Morgan fingerprint density at radius 2 is 1.62 bits per heavy atom. The molecule has 0 heterocycles. The maximum atomic E-state index is 12.4. The first kappa shape index (κ1) is 20.3. The van der Waals surface area contributed by atoms with E-state index >= 15 is 0 Å². The van der Waals surface area contributed by atoms with Gasteiger partial charge in [-0.2, -0.15) is 0 Å². The number of hydrogen-bond acceptors (Lipinski definition) is 6. The van der Waals surface area contributed by atoms with Gasteiger partial charge in [-0.25, -0.2) is 18.4 Å². The molecule has 3 aromatic rings. The number of amides is 1. The topological polar surface area (TPSA) is 136 Å². The second kappa shape index (κ2) is 7.90. The van der Waals surface area contributed by atoms with Gasteiger partial charge >= 0.3 is 5.97 Å². The molecule has 29 heavy (non-hydrogen) atoms. The number of nitrogens with two attached hydrogens (primary N) is 1. The fraction of sp³-hybridized carbons (Fsp3) is 0.100. The van der Waals surface area contributed by atoms with Crippen LogP contribution in [0.25, 0.3) is 10.8 Å². The summed E-state index contributed by atoms with van der Waals surface area (Å²) in [7, 11) is -3.84. The first-order valence-corrected chi connectivity index (χ1v) is 10.1. The van der Waals surface area contributed by atoms with E-state index in [-0.39, 0.29) is 16.2 Å². The number of nitrogens with one attached hydrogen (secondary N) is 1. The van der Waals surface area contributed by atoms with Crippen molar-refractivity contribution in [2.24, 2.45) is 5.14 Å². The highest BCUT2D eigenvalue weighted by Gasteiger charge is 2.21. The highest BCUT2D eigenvalue weighted by molar-refractivity contribution is 7.89. The first-order chi connectivity index (χ1) is 13.6. The molecule has 3 rings (SSSR count). The molecule has 3 aromatic carbocycles. The second-order valence-electron chi connectivity index (χ2n) is 6.32. The second-order valence-corrected chi connectivity index (χ2v) is 7.88. The van der Waals surface area contributed by atoms with Crippen LogP contribution in [0.4, 0.5) is 5.69 Å². The van der Waals surface area contributed by atoms with E-state index in [1.165, 1.54) is 43.3 Å². The Morgan fingerprint density at radius 1 is 1.03 bits per heavy atom. The predicted octanol–water partition coefficient (Wildman–Crippen LogP) is 2.38. The molecular formula is C20H18N2O6S. The fourth-order valence-electron chi connectivity index (χ4n) is 2.64. The average molecular weight is 414 g/mol. The predicted molar refractivity (Wildman–Crippen MR) is 107 cm³/mol. The summed E-state index contributed by atoms with van der Waals surface area (Å²) in [6.07, 6.45) is -1.16. The Kier molecular flexibility index (Phi) is 5.53. The molecule has 0 spiro atoms. The molecule has 150 valence electrons. The van der Waals surface area contributed by atoms with E-state index in [4.69, 9.17) is 9.88 Å². The number of hydrogen-bond donors (Lipinski definition) is 3. The Hall–Kier alpha value is -3.43. The number of carbonyl (C=O) groups is 2. The van der Waals surface area contributed by atoms with E-state index in [0.29, 0.717) is 5.69 Å². The quantitative estimate of drug-likeness (QED) is 0.549. The molecular weight excluding hydrogens is 396 g/mol. The van der Waals surface area contributed by atoms with Crippen LogP contribution in [0, 0.1) is 0 Å². The molecule has 0 aliphatic heterocycles. The minimum Gasteiger partial charge on any atom is -0.507 e. The summed E-state index contributed by atoms with van der Waals surface area (Å²) in [6, 6.07) is 15.3. The summed E-state index contributed by atoms with van der Waals surface area (Å²) in [4.78, 5) is 24.6. The van der Waals surface area contributed by atoms with Gasteiger partial charge < -0.3 is 15.2 Å². The van der Waals surface area contributed by atoms with Crippen molar-refractivity contribution in [1.29, 1.82) is 0 Å². The number of esters is 1. The minimum atomic E-state index is -3.84. The average Bonchev–Trinajstić information content (AvgIpc) is 2.67. The summed E-state index contributed by atoms with van der Waals surface area (Å²) >= 11 is 0. The number of fused-ring (bicyclic) bond motifs is 1. The maximum Gasteiger partial charge on any atom is 0.342 e. The van der Waals surface area contributed by atoms with Crippen molar-refractivity contribution >= 4 is 38.4 Å². The molecule has 1 atom stereocenters. The van der Waals surface area contributed by atoms with Crippen LogP contribution >= 0.6 is 0 Å². The van der Waals surface area contributed by atoms with Crippen molar-refractivity contribution in [3.05, 3.63) is 66.2 Å². The van der Waals surface area contributed by atoms with Crippen LogP contribution in [0.3, 0.4) is 0 Å². The van der Waals surface area contributed by atoms with Crippen LogP contribution < -0.4 is 10.5 Å². The number of rotatable bonds is 5. The van der Waals surface area contributed by atoms with Gasteiger partial charge in [-0.05, 0) is 54.1 Å². The molecule has 0 aromatic heterocycles. The van der Waals surface area contributed by atoms with Gasteiger partial charge in [0.1, 0.15) is 11.3 Å². The zero-order chi connectivity index (χ0) is 21.2. The molecule has 1 amide bonds. The van der Waals surface area contributed by atoms with Crippen LogP contribution in [0.15, 0.2) is 65.6 Å². The SMILES string of the molecule is C[C@H](OC(=O)c1cc2ccccc2cc1O)C(=O)Nc1ccc(S(N)(=O)=O)cc1. The van der Waals surface area contributed by atoms with Gasteiger partial charge in [-0.1, -0.05) is 24.3 Å². The van der Waals surface area contributed by atoms with Crippen LogP contribution in [-0.4, -0.2) is 31.5 Å². The minimum absolute atomic E-state index is 0.0548. The van der Waals surface area contributed by atoms with Crippen LogP contribution in [0.1, 0.15) is 17.3 Å². The Labute approximate surface area is 167 Å². The van der Waals surface area contributed by atoms with E-state index in [1.54, 1.807) is 18.2 Å². The zero-order valence-corrected chi connectivity index (χ0v) is 16.1. The van der Waals surface area contributed by atoms with E-state index in [0.717, 1.165) is 10.8 Å². The van der Waals surface area contributed by atoms with Gasteiger partial charge in [-0.3, -0.25) is 4.79 Å². The van der Waals surface area contributed by atoms with Crippen molar-refractivity contribution in [2.75, 3.05) is 5.32 Å². The number of ether oxygens (including phenoxy) is 1. The summed E-state index contributed by atoms with van der Waals surface area (Å²) in [5.41, 5.74) is 0.250. The van der Waals surface area contributed by atoms with E-state index in [2.05, 4.69) is 5.32 Å². The van der Waals surface area contributed by atoms with Crippen molar-refractivity contribution in [1.82, 2.24) is 0 Å². The largest absolute Gasteiger partial charge is 0.507 e. The smallest absolute Gasteiger partial charge is 0.342 e. The molecule has 0 unspecified atom stereocenters. The Morgan fingerprint density at radius 3 is 2.21 bits per heavy atom. The van der Waals surface area contributed by atoms with Crippen LogP contribution in [0.5, 0.6) is 5.75 Å². The lowest BCUT2D eigenvalue weighted by molar-refractivity contribution is -0.123. The standard InChI is InChI=1S/C20H18N2O6S/c1-12(19(24)22-15-6-8-16(9-7-15)29(21,26)27)28-20(25)17-10-13-4-2-3-5-14(13)11-18(17)23/h2-12,23H,1H3,(H,22,24)(H2,21,26,27)/t12-/m0/s1. The molecule has 0 radical (unpaired) electrons. The van der Waals surface area contributed by atoms with Gasteiger partial charge in [0.15, 0.2) is 6.10 Å². The normalized spacial score (nSPS) is 12.3. The first-order valence-electron chi connectivity index (χ1n) is 8.51. The Balaban J connectivity index is 1.69. The summed E-state index contributed by atoms with van der Waals surface area (Å²) in [6.45, 7) is 1.38. The zero-order valence-electron chi connectivity index (χ0n) is 15.3. The van der Waals surface area contributed by atoms with E-state index < -0.39 is 28.0 Å². The lowest BCUT2D eigenvalue weighted by Gasteiger charge is -2.14. The number of phenols is 1. The lowest BCUT2D eigenvalue weighted by atomic mass is 10.1. The molecule has 0 aliphatic rings. The van der Waals surface area contributed by atoms with Gasteiger partial charge in [0.2, 0.25) is 10.0 Å². The number of primary sulfonamides is 1. The van der Waals surface area contributed by atoms with Gasteiger partial charge in [0.25, 0.3) is 5.91 Å². The number of aromatic hydroxyl groups is 1. The van der Waals surface area contributed by atoms with Crippen molar-refractivity contribution in [3.63, 3.8) is 0 Å². The molecule has 0 saturated heterocycles. The molecule has 0 aliphatic carbocycles. The number of anilines is 1. The maximum absolute atomic E-state index is 12.4. The van der Waals surface area contributed by atoms with Crippen molar-refractivity contribution < 1.29 is 27.9 Å². The highest BCUT2D eigenvalue weighted by Crippen LogP contribution is 2.26. The molecule has 0 fully saturated rings. The van der Waals surface area contributed by atoms with Gasteiger partial charge in [-0.15, -0.1) is 0 Å². The summed E-state index contributed by atoms with van der Waals surface area (Å²) in [5.74, 6) is -1.72. The summed E-state index contributed by atoms with van der Waals surface area (Å²) < 4.78 is 27.7. The third kappa shape index (κ3) is 4.71.